The number of hydrogen-bond donors (Lipinski definition) is 2. The van der Waals surface area contributed by atoms with Gasteiger partial charge in [-0.05, 0) is 44.0 Å². The predicted octanol–water partition coefficient (Wildman–Crippen LogP) is 2.37. The van der Waals surface area contributed by atoms with Crippen LogP contribution in [0.2, 0.25) is 0 Å². The maximum absolute atomic E-state index is 12.0. The zero-order chi connectivity index (χ0) is 20.4. The topological polar surface area (TPSA) is 83.0 Å². The molecule has 150 valence electrons. The Morgan fingerprint density at radius 2 is 2.10 bits per heavy atom. The highest BCUT2D eigenvalue weighted by molar-refractivity contribution is 5.90. The minimum absolute atomic E-state index is 0.229. The number of carbonyl (C=O) groups is 1. The third kappa shape index (κ3) is 4.05. The molecule has 0 aliphatic carbocycles. The van der Waals surface area contributed by atoms with Crippen LogP contribution in [0.25, 0.3) is 10.9 Å². The summed E-state index contributed by atoms with van der Waals surface area (Å²) in [6.07, 6.45) is 2.85. The van der Waals surface area contributed by atoms with E-state index in [-0.39, 0.29) is 11.7 Å². The van der Waals surface area contributed by atoms with E-state index in [2.05, 4.69) is 54.8 Å². The van der Waals surface area contributed by atoms with Gasteiger partial charge >= 0.3 is 0 Å². The second-order valence-electron chi connectivity index (χ2n) is 7.50. The molecule has 1 aliphatic rings. The van der Waals surface area contributed by atoms with Crippen molar-refractivity contribution < 1.29 is 4.79 Å². The number of hydrogen-bond acceptors (Lipinski definition) is 6. The van der Waals surface area contributed by atoms with Crippen molar-refractivity contribution in [3.8, 4) is 0 Å². The van der Waals surface area contributed by atoms with Gasteiger partial charge in [0, 0.05) is 55.6 Å². The Balaban J connectivity index is 1.43. The Hall–Kier alpha value is -3.06. The summed E-state index contributed by atoms with van der Waals surface area (Å²) in [5.74, 6) is 0.831. The molecule has 1 amide bonds. The first kappa shape index (κ1) is 19.3. The molecule has 2 N–H and O–H groups in total. The van der Waals surface area contributed by atoms with Crippen LogP contribution in [0.15, 0.2) is 36.5 Å². The van der Waals surface area contributed by atoms with Crippen molar-refractivity contribution in [2.75, 3.05) is 25.0 Å². The highest BCUT2D eigenvalue weighted by Crippen LogP contribution is 2.24. The first-order valence-corrected chi connectivity index (χ1v) is 9.94. The van der Waals surface area contributed by atoms with Crippen molar-refractivity contribution in [2.24, 2.45) is 0 Å². The van der Waals surface area contributed by atoms with Crippen LogP contribution in [0, 0.1) is 13.8 Å². The van der Waals surface area contributed by atoms with E-state index in [1.165, 1.54) is 5.56 Å². The maximum atomic E-state index is 12.0. The molecule has 1 aromatic carbocycles. The highest BCUT2D eigenvalue weighted by Gasteiger charge is 2.26. The Labute approximate surface area is 170 Å². The van der Waals surface area contributed by atoms with E-state index in [0.717, 1.165) is 54.0 Å². The number of anilines is 1. The third-order valence-corrected chi connectivity index (χ3v) is 5.54. The fourth-order valence-electron chi connectivity index (χ4n) is 3.75. The molecule has 1 fully saturated rings. The smallest absolute Gasteiger partial charge is 0.288 e. The van der Waals surface area contributed by atoms with E-state index >= 15 is 0 Å². The van der Waals surface area contributed by atoms with Gasteiger partial charge in [0.25, 0.3) is 5.91 Å². The number of rotatable bonds is 5. The number of nitrogens with zero attached hydrogens (tertiary/aromatic N) is 4. The lowest BCUT2D eigenvalue weighted by Crippen LogP contribution is -2.33. The van der Waals surface area contributed by atoms with Crippen molar-refractivity contribution in [1.29, 1.82) is 0 Å². The van der Waals surface area contributed by atoms with Crippen LogP contribution in [0.5, 0.6) is 0 Å². The number of nitrogens with one attached hydrogen (secondary N) is 2. The molecule has 0 radical (unpaired) electrons. The van der Waals surface area contributed by atoms with Crippen molar-refractivity contribution in [3.05, 3.63) is 59.2 Å². The number of benzene rings is 1. The molecule has 3 aromatic rings. The van der Waals surface area contributed by atoms with Gasteiger partial charge in [0.1, 0.15) is 5.82 Å². The molecule has 3 heterocycles. The normalized spacial score (nSPS) is 16.4. The minimum atomic E-state index is -0.256. The lowest BCUT2D eigenvalue weighted by Gasteiger charge is -2.21. The number of amides is 1. The summed E-state index contributed by atoms with van der Waals surface area (Å²) in [6, 6.07) is 10.8. The molecule has 0 unspecified atom stereocenters. The molecule has 4 rings (SSSR count). The van der Waals surface area contributed by atoms with Crippen molar-refractivity contribution in [3.63, 3.8) is 0 Å². The average Bonchev–Trinajstić information content (AvgIpc) is 3.22. The summed E-state index contributed by atoms with van der Waals surface area (Å²) in [4.78, 5) is 27.5. The molecule has 0 saturated carbocycles. The van der Waals surface area contributed by atoms with Crippen molar-refractivity contribution >= 4 is 22.6 Å². The van der Waals surface area contributed by atoms with Crippen LogP contribution >= 0.6 is 0 Å². The van der Waals surface area contributed by atoms with Gasteiger partial charge in [0.2, 0.25) is 5.82 Å². The summed E-state index contributed by atoms with van der Waals surface area (Å²) in [7, 11) is 1.60. The Kier molecular flexibility index (Phi) is 5.40. The Morgan fingerprint density at radius 3 is 2.93 bits per heavy atom. The average molecular weight is 390 g/mol. The van der Waals surface area contributed by atoms with Gasteiger partial charge in [-0.25, -0.2) is 9.97 Å². The van der Waals surface area contributed by atoms with Crippen LogP contribution in [0.3, 0.4) is 0 Å². The first-order chi connectivity index (χ1) is 14.0. The molecular weight excluding hydrogens is 364 g/mol. The summed E-state index contributed by atoms with van der Waals surface area (Å²) in [6.45, 7) is 6.52. The maximum Gasteiger partial charge on any atom is 0.288 e. The molecule has 7 nitrogen and oxygen atoms in total. The number of aryl methyl sites for hydroxylation is 1. The zero-order valence-electron chi connectivity index (χ0n) is 17.1. The molecule has 1 saturated heterocycles. The van der Waals surface area contributed by atoms with Gasteiger partial charge in [0.15, 0.2) is 0 Å². The monoisotopic (exact) mass is 390 g/mol. The molecule has 0 bridgehead atoms. The van der Waals surface area contributed by atoms with E-state index in [0.29, 0.717) is 6.04 Å². The molecule has 7 heteroatoms. The summed E-state index contributed by atoms with van der Waals surface area (Å²) in [5.41, 5.74) is 4.14. The number of fused-ring (bicyclic) bond motifs is 1. The lowest BCUT2D eigenvalue weighted by atomic mass is 10.1. The largest absolute Gasteiger partial charge is 0.355 e. The number of aromatic nitrogens is 3. The quantitative estimate of drug-likeness (QED) is 0.696. The van der Waals surface area contributed by atoms with E-state index in [9.17, 15) is 4.79 Å². The van der Waals surface area contributed by atoms with Gasteiger partial charge < -0.3 is 15.5 Å². The lowest BCUT2D eigenvalue weighted by molar-refractivity contribution is 0.0952. The van der Waals surface area contributed by atoms with Gasteiger partial charge in [-0.1, -0.05) is 12.1 Å². The Morgan fingerprint density at radius 1 is 1.24 bits per heavy atom. The molecule has 1 atom stereocenters. The molecule has 0 spiro atoms. The van der Waals surface area contributed by atoms with Crippen LogP contribution < -0.4 is 15.5 Å². The van der Waals surface area contributed by atoms with E-state index < -0.39 is 0 Å². The highest BCUT2D eigenvalue weighted by atomic mass is 16.2. The summed E-state index contributed by atoms with van der Waals surface area (Å²) >= 11 is 0. The fourth-order valence-corrected chi connectivity index (χ4v) is 3.75. The van der Waals surface area contributed by atoms with Crippen molar-refractivity contribution in [2.45, 2.75) is 32.9 Å². The van der Waals surface area contributed by atoms with Crippen molar-refractivity contribution in [1.82, 2.24) is 25.6 Å². The Bertz CT molecular complexity index is 1050. The van der Waals surface area contributed by atoms with Crippen LogP contribution in [0.1, 0.15) is 33.9 Å². The van der Waals surface area contributed by atoms with Gasteiger partial charge in [-0.3, -0.25) is 9.78 Å². The standard InChI is InChI=1S/C22H26N6O/c1-14-15(2)26-20(22(29)23-3)27-21(14)28-10-8-18(13-28)25-12-16-6-7-19-17(11-16)5-4-9-24-19/h4-7,9,11,18,25H,8,10,12-13H2,1-3H3,(H,23,29)/t18-/m1/s1. The molecule has 1 aliphatic heterocycles. The van der Waals surface area contributed by atoms with E-state index in [4.69, 9.17) is 0 Å². The van der Waals surface area contributed by atoms with E-state index in [1.807, 2.05) is 26.1 Å². The summed E-state index contributed by atoms with van der Waals surface area (Å²) < 4.78 is 0. The van der Waals surface area contributed by atoms with Crippen LogP contribution in [-0.2, 0) is 6.54 Å². The molecule has 2 aromatic heterocycles. The first-order valence-electron chi connectivity index (χ1n) is 9.94. The van der Waals surface area contributed by atoms with Crippen LogP contribution in [-0.4, -0.2) is 47.0 Å². The second-order valence-corrected chi connectivity index (χ2v) is 7.50. The van der Waals surface area contributed by atoms with Gasteiger partial charge in [-0.15, -0.1) is 0 Å². The fraction of sp³-hybridized carbons (Fsp3) is 0.364. The second kappa shape index (κ2) is 8.13. The predicted molar refractivity (Wildman–Crippen MR) is 114 cm³/mol. The van der Waals surface area contributed by atoms with E-state index in [1.54, 1.807) is 7.05 Å². The SMILES string of the molecule is CNC(=O)c1nc(C)c(C)c(N2CC[C@@H](NCc3ccc4ncccc4c3)C2)n1. The third-order valence-electron chi connectivity index (χ3n) is 5.54. The van der Waals surface area contributed by atoms with Gasteiger partial charge in [0.05, 0.1) is 5.52 Å². The minimum Gasteiger partial charge on any atom is -0.355 e. The number of carbonyl (C=O) groups excluding carboxylic acids is 1. The zero-order valence-corrected chi connectivity index (χ0v) is 17.1. The van der Waals surface area contributed by atoms with Crippen LogP contribution in [0.4, 0.5) is 5.82 Å². The molecule has 29 heavy (non-hydrogen) atoms. The number of pyridine rings is 1. The van der Waals surface area contributed by atoms with Gasteiger partial charge in [-0.2, -0.15) is 0 Å². The molecular formula is C22H26N6O. The summed E-state index contributed by atoms with van der Waals surface area (Å²) in [5, 5.41) is 7.43.